The molecule has 4 rings (SSSR count). The summed E-state index contributed by atoms with van der Waals surface area (Å²) >= 11 is 0. The van der Waals surface area contributed by atoms with Crippen LogP contribution in [0.15, 0.2) is 54.6 Å². The first-order chi connectivity index (χ1) is 17.5. The Morgan fingerprint density at radius 1 is 0.889 bits per heavy atom. The third-order valence-electron chi connectivity index (χ3n) is 7.66. The maximum atomic E-state index is 13.1. The number of ether oxygens (including phenoxy) is 1. The van der Waals surface area contributed by atoms with E-state index in [0.717, 1.165) is 77.2 Å². The lowest BCUT2D eigenvalue weighted by atomic mass is 9.82. The van der Waals surface area contributed by atoms with Gasteiger partial charge in [-0.05, 0) is 37.3 Å². The predicted octanol–water partition coefficient (Wildman–Crippen LogP) is 2.94. The van der Waals surface area contributed by atoms with E-state index in [0.29, 0.717) is 6.54 Å². The average Bonchev–Trinajstić information content (AvgIpc) is 2.90. The first-order valence-electron chi connectivity index (χ1n) is 13.1. The summed E-state index contributed by atoms with van der Waals surface area (Å²) in [6, 6.07) is 18.6. The standard InChI is InChI=1S/C29H40N4O3/c1-24(34)30-29(13-12-25-8-4-3-5-9-25)14-16-31(17-15-29)23-28(35)33-20-18-32(19-21-33)22-26-10-6-7-11-27(26)36-2/h3-11H,12-23H2,1-2H3,(H,30,34). The first-order valence-corrected chi connectivity index (χ1v) is 13.1. The fourth-order valence-corrected chi connectivity index (χ4v) is 5.50. The summed E-state index contributed by atoms with van der Waals surface area (Å²) in [5.41, 5.74) is 2.29. The molecule has 0 aromatic heterocycles. The summed E-state index contributed by atoms with van der Waals surface area (Å²) < 4.78 is 5.48. The molecule has 2 heterocycles. The number of amides is 2. The van der Waals surface area contributed by atoms with Crippen LogP contribution in [0.25, 0.3) is 0 Å². The Kier molecular flexibility index (Phi) is 8.99. The highest BCUT2D eigenvalue weighted by atomic mass is 16.5. The van der Waals surface area contributed by atoms with Gasteiger partial charge in [-0.25, -0.2) is 0 Å². The number of carbonyl (C=O) groups excluding carboxylic acids is 2. The van der Waals surface area contributed by atoms with Crippen molar-refractivity contribution in [3.63, 3.8) is 0 Å². The van der Waals surface area contributed by atoms with Crippen LogP contribution in [-0.4, -0.2) is 85.0 Å². The van der Waals surface area contributed by atoms with E-state index in [1.165, 1.54) is 11.1 Å². The Bertz CT molecular complexity index is 997. The molecule has 0 bridgehead atoms. The zero-order valence-corrected chi connectivity index (χ0v) is 21.7. The fraction of sp³-hybridized carbons (Fsp3) is 0.517. The van der Waals surface area contributed by atoms with Gasteiger partial charge in [-0.3, -0.25) is 19.4 Å². The van der Waals surface area contributed by atoms with Crippen LogP contribution in [0.5, 0.6) is 5.75 Å². The van der Waals surface area contributed by atoms with Gasteiger partial charge in [-0.15, -0.1) is 0 Å². The second-order valence-electron chi connectivity index (χ2n) is 10.2. The minimum absolute atomic E-state index is 0.0265. The molecule has 1 N–H and O–H groups in total. The van der Waals surface area contributed by atoms with Crippen molar-refractivity contribution in [3.05, 3.63) is 65.7 Å². The van der Waals surface area contributed by atoms with Crippen LogP contribution in [0, 0.1) is 0 Å². The van der Waals surface area contributed by atoms with Crippen molar-refractivity contribution in [1.29, 1.82) is 0 Å². The molecular weight excluding hydrogens is 452 g/mol. The summed E-state index contributed by atoms with van der Waals surface area (Å²) in [6.45, 7) is 7.82. The third kappa shape index (κ3) is 7.08. The summed E-state index contributed by atoms with van der Waals surface area (Å²) in [5, 5.41) is 3.26. The lowest BCUT2D eigenvalue weighted by molar-refractivity contribution is -0.135. The number of carbonyl (C=O) groups is 2. The summed E-state index contributed by atoms with van der Waals surface area (Å²) in [6.07, 6.45) is 3.62. The first kappa shape index (κ1) is 26.2. The molecule has 0 spiro atoms. The molecule has 7 heteroatoms. The van der Waals surface area contributed by atoms with E-state index < -0.39 is 0 Å². The van der Waals surface area contributed by atoms with Crippen molar-refractivity contribution in [2.24, 2.45) is 0 Å². The van der Waals surface area contributed by atoms with Crippen LogP contribution in [0.4, 0.5) is 0 Å². The molecular formula is C29H40N4O3. The highest BCUT2D eigenvalue weighted by molar-refractivity contribution is 5.78. The van der Waals surface area contributed by atoms with Crippen molar-refractivity contribution in [1.82, 2.24) is 20.0 Å². The minimum atomic E-state index is -0.189. The Labute approximate surface area is 215 Å². The van der Waals surface area contributed by atoms with Gasteiger partial charge in [-0.1, -0.05) is 48.5 Å². The van der Waals surface area contributed by atoms with Gasteiger partial charge in [-0.2, -0.15) is 0 Å². The number of hydrogen-bond acceptors (Lipinski definition) is 5. The summed E-state index contributed by atoms with van der Waals surface area (Å²) in [4.78, 5) is 31.7. The molecule has 2 fully saturated rings. The van der Waals surface area contributed by atoms with Crippen molar-refractivity contribution in [2.75, 3.05) is 52.9 Å². The molecule has 0 radical (unpaired) electrons. The smallest absolute Gasteiger partial charge is 0.236 e. The molecule has 2 saturated heterocycles. The van der Waals surface area contributed by atoms with E-state index in [2.05, 4.69) is 45.4 Å². The molecule has 2 aliphatic heterocycles. The SMILES string of the molecule is COc1ccccc1CN1CCN(C(=O)CN2CCC(CCc3ccccc3)(NC(C)=O)CC2)CC1. The van der Waals surface area contributed by atoms with Gasteiger partial charge in [0.25, 0.3) is 0 Å². The molecule has 0 saturated carbocycles. The van der Waals surface area contributed by atoms with E-state index in [1.807, 2.05) is 29.2 Å². The van der Waals surface area contributed by atoms with Crippen molar-refractivity contribution >= 4 is 11.8 Å². The van der Waals surface area contributed by atoms with Crippen molar-refractivity contribution in [2.45, 2.75) is 44.7 Å². The van der Waals surface area contributed by atoms with E-state index in [1.54, 1.807) is 14.0 Å². The lowest BCUT2D eigenvalue weighted by Crippen LogP contribution is -2.57. The van der Waals surface area contributed by atoms with Crippen LogP contribution in [-0.2, 0) is 22.6 Å². The van der Waals surface area contributed by atoms with Crippen LogP contribution in [0.3, 0.4) is 0 Å². The largest absolute Gasteiger partial charge is 0.496 e. The molecule has 2 aliphatic rings. The van der Waals surface area contributed by atoms with Gasteiger partial charge in [0.1, 0.15) is 5.75 Å². The second-order valence-corrected chi connectivity index (χ2v) is 10.2. The van der Waals surface area contributed by atoms with E-state index in [-0.39, 0.29) is 17.4 Å². The average molecular weight is 493 g/mol. The Morgan fingerprint density at radius 2 is 1.56 bits per heavy atom. The Balaban J connectivity index is 1.23. The zero-order valence-electron chi connectivity index (χ0n) is 21.7. The van der Waals surface area contributed by atoms with Crippen LogP contribution in [0.1, 0.15) is 37.3 Å². The quantitative estimate of drug-likeness (QED) is 0.583. The Morgan fingerprint density at radius 3 is 2.22 bits per heavy atom. The van der Waals surface area contributed by atoms with Gasteiger partial charge < -0.3 is 15.0 Å². The van der Waals surface area contributed by atoms with E-state index >= 15 is 0 Å². The number of benzene rings is 2. The van der Waals surface area contributed by atoms with Gasteiger partial charge in [0.15, 0.2) is 0 Å². The third-order valence-corrected chi connectivity index (χ3v) is 7.66. The van der Waals surface area contributed by atoms with Gasteiger partial charge in [0.2, 0.25) is 11.8 Å². The number of rotatable bonds is 9. The number of methoxy groups -OCH3 is 1. The topological polar surface area (TPSA) is 65.1 Å². The van der Waals surface area contributed by atoms with E-state index in [9.17, 15) is 9.59 Å². The molecule has 0 atom stereocenters. The molecule has 0 unspecified atom stereocenters. The molecule has 2 aromatic rings. The van der Waals surface area contributed by atoms with E-state index in [4.69, 9.17) is 4.74 Å². The molecule has 0 aliphatic carbocycles. The second kappa shape index (κ2) is 12.4. The maximum absolute atomic E-state index is 13.1. The molecule has 194 valence electrons. The summed E-state index contributed by atoms with van der Waals surface area (Å²) in [5.74, 6) is 1.15. The normalized spacial score (nSPS) is 18.6. The number of nitrogens with one attached hydrogen (secondary N) is 1. The van der Waals surface area contributed by atoms with Crippen LogP contribution < -0.4 is 10.1 Å². The van der Waals surface area contributed by atoms with Crippen LogP contribution in [0.2, 0.25) is 0 Å². The van der Waals surface area contributed by atoms with Gasteiger partial charge >= 0.3 is 0 Å². The maximum Gasteiger partial charge on any atom is 0.236 e. The molecule has 2 aromatic carbocycles. The predicted molar refractivity (Wildman–Crippen MR) is 142 cm³/mol. The van der Waals surface area contributed by atoms with Crippen LogP contribution >= 0.6 is 0 Å². The number of likely N-dealkylation sites (tertiary alicyclic amines) is 1. The molecule has 7 nitrogen and oxygen atoms in total. The van der Waals surface area contributed by atoms with Crippen molar-refractivity contribution < 1.29 is 14.3 Å². The lowest BCUT2D eigenvalue weighted by Gasteiger charge is -2.43. The summed E-state index contributed by atoms with van der Waals surface area (Å²) in [7, 11) is 1.71. The number of piperidine rings is 1. The number of para-hydroxylation sites is 1. The molecule has 2 amide bonds. The van der Waals surface area contributed by atoms with Gasteiger partial charge in [0.05, 0.1) is 13.7 Å². The number of nitrogens with zero attached hydrogens (tertiary/aromatic N) is 3. The Hall–Kier alpha value is -2.90. The highest BCUT2D eigenvalue weighted by Gasteiger charge is 2.36. The zero-order chi connectivity index (χ0) is 25.4. The number of aryl methyl sites for hydroxylation is 1. The fourth-order valence-electron chi connectivity index (χ4n) is 5.50. The minimum Gasteiger partial charge on any atom is -0.496 e. The monoisotopic (exact) mass is 492 g/mol. The number of hydrogen-bond donors (Lipinski definition) is 1. The van der Waals surface area contributed by atoms with Gasteiger partial charge in [0, 0.05) is 63.8 Å². The number of piperazine rings is 1. The molecule has 36 heavy (non-hydrogen) atoms. The van der Waals surface area contributed by atoms with Crippen molar-refractivity contribution in [3.8, 4) is 5.75 Å². The highest BCUT2D eigenvalue weighted by Crippen LogP contribution is 2.28.